The Kier molecular flexibility index (Phi) is 6.00. The molecule has 3 aromatic rings. The first-order chi connectivity index (χ1) is 16.1. The third-order valence-corrected chi connectivity index (χ3v) is 6.56. The van der Waals surface area contributed by atoms with Crippen LogP contribution in [-0.4, -0.2) is 67.2 Å². The third kappa shape index (κ3) is 4.30. The summed E-state index contributed by atoms with van der Waals surface area (Å²) in [5, 5.41) is 7.48. The highest BCUT2D eigenvalue weighted by atomic mass is 16.5. The summed E-state index contributed by atoms with van der Waals surface area (Å²) in [6.45, 7) is 7.65. The van der Waals surface area contributed by atoms with E-state index in [9.17, 15) is 4.79 Å². The highest BCUT2D eigenvalue weighted by molar-refractivity contribution is 6.01. The SMILES string of the molecule is COc1ccccc1N1CCN(CCNc2nc3c(c4cccnc24)C(C)CC(=O)N3)CC1. The first-order valence-electron chi connectivity index (χ1n) is 11.6. The molecule has 2 aliphatic rings. The lowest BCUT2D eigenvalue weighted by atomic mass is 9.91. The zero-order valence-electron chi connectivity index (χ0n) is 19.2. The van der Waals surface area contributed by atoms with Gasteiger partial charge in [0.1, 0.15) is 17.1 Å². The molecule has 0 bridgehead atoms. The first-order valence-corrected chi connectivity index (χ1v) is 11.6. The molecule has 1 unspecified atom stereocenters. The van der Waals surface area contributed by atoms with Crippen molar-refractivity contribution in [2.45, 2.75) is 19.3 Å². The van der Waals surface area contributed by atoms with Crippen molar-refractivity contribution in [1.82, 2.24) is 14.9 Å². The van der Waals surface area contributed by atoms with E-state index in [0.717, 1.165) is 73.0 Å². The number of benzene rings is 1. The van der Waals surface area contributed by atoms with E-state index in [0.29, 0.717) is 12.2 Å². The second-order valence-corrected chi connectivity index (χ2v) is 8.70. The van der Waals surface area contributed by atoms with Crippen molar-refractivity contribution in [1.29, 1.82) is 0 Å². The predicted molar refractivity (Wildman–Crippen MR) is 131 cm³/mol. The Labute approximate surface area is 194 Å². The zero-order chi connectivity index (χ0) is 22.8. The molecule has 0 saturated carbocycles. The number of hydrogen-bond acceptors (Lipinski definition) is 7. The number of hydrogen-bond donors (Lipinski definition) is 2. The molecule has 33 heavy (non-hydrogen) atoms. The van der Waals surface area contributed by atoms with E-state index in [1.165, 1.54) is 0 Å². The minimum atomic E-state index is 0.0182. The van der Waals surface area contributed by atoms with Gasteiger partial charge in [-0.15, -0.1) is 0 Å². The maximum atomic E-state index is 12.1. The minimum absolute atomic E-state index is 0.0182. The third-order valence-electron chi connectivity index (χ3n) is 6.56. The zero-order valence-corrected chi connectivity index (χ0v) is 19.2. The van der Waals surface area contributed by atoms with E-state index < -0.39 is 0 Å². The maximum Gasteiger partial charge on any atom is 0.226 e. The number of piperazine rings is 1. The van der Waals surface area contributed by atoms with Gasteiger partial charge in [0.05, 0.1) is 12.8 Å². The molecule has 5 rings (SSSR count). The Morgan fingerprint density at radius 2 is 1.97 bits per heavy atom. The van der Waals surface area contributed by atoms with E-state index in [1.807, 2.05) is 18.2 Å². The molecule has 0 aliphatic carbocycles. The van der Waals surface area contributed by atoms with Crippen LogP contribution in [0, 0.1) is 0 Å². The van der Waals surface area contributed by atoms with Crippen LogP contribution in [0.1, 0.15) is 24.8 Å². The molecular weight excluding hydrogens is 416 g/mol. The molecular formula is C25H30N6O2. The lowest BCUT2D eigenvalue weighted by Gasteiger charge is -2.36. The van der Waals surface area contributed by atoms with Gasteiger partial charge in [-0.1, -0.05) is 25.1 Å². The van der Waals surface area contributed by atoms with Crippen LogP contribution in [0.3, 0.4) is 0 Å². The molecule has 2 N–H and O–H groups in total. The highest BCUT2D eigenvalue weighted by Crippen LogP contribution is 2.38. The summed E-state index contributed by atoms with van der Waals surface area (Å²) in [6.07, 6.45) is 2.27. The molecule has 2 aliphatic heterocycles. The van der Waals surface area contributed by atoms with Crippen LogP contribution in [0.2, 0.25) is 0 Å². The fraction of sp³-hybridized carbons (Fsp3) is 0.400. The van der Waals surface area contributed by atoms with Gasteiger partial charge >= 0.3 is 0 Å². The molecule has 8 nitrogen and oxygen atoms in total. The number of anilines is 3. The Morgan fingerprint density at radius 1 is 1.15 bits per heavy atom. The van der Waals surface area contributed by atoms with Crippen molar-refractivity contribution in [3.63, 3.8) is 0 Å². The van der Waals surface area contributed by atoms with Crippen molar-refractivity contribution in [3.05, 3.63) is 48.2 Å². The van der Waals surface area contributed by atoms with Crippen molar-refractivity contribution < 1.29 is 9.53 Å². The van der Waals surface area contributed by atoms with Gasteiger partial charge in [-0.05, 0) is 24.1 Å². The van der Waals surface area contributed by atoms with Gasteiger partial charge in [-0.25, -0.2) is 4.98 Å². The number of fused-ring (bicyclic) bond motifs is 3. The summed E-state index contributed by atoms with van der Waals surface area (Å²) in [6, 6.07) is 12.2. The molecule has 2 aromatic heterocycles. The Balaban J connectivity index is 1.24. The summed E-state index contributed by atoms with van der Waals surface area (Å²) >= 11 is 0. The number of aromatic nitrogens is 2. The van der Waals surface area contributed by atoms with Gasteiger partial charge < -0.3 is 20.3 Å². The van der Waals surface area contributed by atoms with E-state index in [2.05, 4.69) is 50.5 Å². The van der Waals surface area contributed by atoms with E-state index in [-0.39, 0.29) is 11.8 Å². The fourth-order valence-electron chi connectivity index (χ4n) is 4.88. The molecule has 0 spiro atoms. The number of carbonyl (C=O) groups is 1. The standard InChI is InChI=1S/C25H30N6O2/c1-17-16-21(32)28-24-22(17)18-6-5-9-26-23(18)25(29-24)27-10-11-30-12-14-31(15-13-30)19-7-3-4-8-20(19)33-2/h3-9,17H,10-16H2,1-2H3,(H2,27,28,29,32). The van der Waals surface area contributed by atoms with Crippen LogP contribution >= 0.6 is 0 Å². The molecule has 172 valence electrons. The first kappa shape index (κ1) is 21.5. The number of amides is 1. The molecule has 0 radical (unpaired) electrons. The summed E-state index contributed by atoms with van der Waals surface area (Å²) in [5.74, 6) is 2.46. The average molecular weight is 447 g/mol. The van der Waals surface area contributed by atoms with Crippen LogP contribution in [-0.2, 0) is 4.79 Å². The number of nitrogens with zero attached hydrogens (tertiary/aromatic N) is 4. The molecule has 1 aromatic carbocycles. The van der Waals surface area contributed by atoms with E-state index >= 15 is 0 Å². The Hall–Kier alpha value is -3.39. The largest absolute Gasteiger partial charge is 0.495 e. The second-order valence-electron chi connectivity index (χ2n) is 8.70. The average Bonchev–Trinajstić information content (AvgIpc) is 2.84. The number of methoxy groups -OCH3 is 1. The van der Waals surface area contributed by atoms with Gasteiger partial charge in [0.15, 0.2) is 5.82 Å². The molecule has 8 heteroatoms. The lowest BCUT2D eigenvalue weighted by Crippen LogP contribution is -2.47. The van der Waals surface area contributed by atoms with Crippen molar-refractivity contribution in [2.24, 2.45) is 0 Å². The van der Waals surface area contributed by atoms with Gasteiger partial charge in [0, 0.05) is 62.8 Å². The van der Waals surface area contributed by atoms with Gasteiger partial charge in [0.2, 0.25) is 5.91 Å². The number of nitrogens with one attached hydrogen (secondary N) is 2. The molecule has 1 atom stereocenters. The number of para-hydroxylation sites is 2. The minimum Gasteiger partial charge on any atom is -0.495 e. The van der Waals surface area contributed by atoms with Crippen molar-refractivity contribution >= 4 is 34.1 Å². The number of carbonyl (C=O) groups excluding carboxylic acids is 1. The number of ether oxygens (including phenoxy) is 1. The fourth-order valence-corrected chi connectivity index (χ4v) is 4.88. The number of pyridine rings is 2. The number of rotatable bonds is 6. The van der Waals surface area contributed by atoms with E-state index in [1.54, 1.807) is 13.3 Å². The molecule has 1 saturated heterocycles. The summed E-state index contributed by atoms with van der Waals surface area (Å²) < 4.78 is 5.52. The molecule has 1 fully saturated rings. The quantitative estimate of drug-likeness (QED) is 0.601. The Bertz CT molecular complexity index is 1160. The lowest BCUT2D eigenvalue weighted by molar-refractivity contribution is -0.116. The van der Waals surface area contributed by atoms with Crippen molar-refractivity contribution in [2.75, 3.05) is 61.9 Å². The van der Waals surface area contributed by atoms with Gasteiger partial charge in [0.25, 0.3) is 0 Å². The smallest absolute Gasteiger partial charge is 0.226 e. The van der Waals surface area contributed by atoms with Crippen LogP contribution in [0.15, 0.2) is 42.6 Å². The Morgan fingerprint density at radius 3 is 2.79 bits per heavy atom. The summed E-state index contributed by atoms with van der Waals surface area (Å²) in [4.78, 5) is 26.3. The van der Waals surface area contributed by atoms with Crippen LogP contribution < -0.4 is 20.3 Å². The molecule has 1 amide bonds. The van der Waals surface area contributed by atoms with Gasteiger partial charge in [-0.3, -0.25) is 14.7 Å². The summed E-state index contributed by atoms with van der Waals surface area (Å²) in [5.41, 5.74) is 3.10. The molecule has 4 heterocycles. The highest BCUT2D eigenvalue weighted by Gasteiger charge is 2.27. The summed E-state index contributed by atoms with van der Waals surface area (Å²) in [7, 11) is 1.72. The monoisotopic (exact) mass is 446 g/mol. The topological polar surface area (TPSA) is 82.6 Å². The van der Waals surface area contributed by atoms with Crippen LogP contribution in [0.4, 0.5) is 17.3 Å². The van der Waals surface area contributed by atoms with Crippen molar-refractivity contribution in [3.8, 4) is 5.75 Å². The predicted octanol–water partition coefficient (Wildman–Crippen LogP) is 3.32. The normalized spacial score (nSPS) is 18.7. The van der Waals surface area contributed by atoms with Gasteiger partial charge in [-0.2, -0.15) is 0 Å². The van der Waals surface area contributed by atoms with Crippen LogP contribution in [0.25, 0.3) is 10.9 Å². The van der Waals surface area contributed by atoms with Crippen LogP contribution in [0.5, 0.6) is 5.75 Å². The van der Waals surface area contributed by atoms with E-state index in [4.69, 9.17) is 9.72 Å². The maximum absolute atomic E-state index is 12.1. The second kappa shape index (κ2) is 9.23.